The molecule has 2 saturated heterocycles. The standard InChI is InChI=1S/C23H27NO9/c25-9-16-18(27)19(28)20(29)22(32-16)33-21-13(26)8-23-3-1-4-24(23)5-2-11-6-14-15(31-10-30-14)7-12(11)17(21)23/h6-7,16,18-20,22,25,27-29H,1-5,8-10H2. The highest BCUT2D eigenvalue weighted by molar-refractivity contribution is 6.09. The number of ketones is 1. The fraction of sp³-hybridized carbons (Fsp3) is 0.609. The molecule has 6 atom stereocenters. The fourth-order valence-electron chi connectivity index (χ4n) is 5.99. The van der Waals surface area contributed by atoms with Crippen molar-refractivity contribution in [2.24, 2.45) is 0 Å². The number of fused-ring (bicyclic) bond motifs is 3. The largest absolute Gasteiger partial charge is 0.458 e. The minimum absolute atomic E-state index is 0.0910. The van der Waals surface area contributed by atoms with Gasteiger partial charge in [-0.05, 0) is 49.1 Å². The summed E-state index contributed by atoms with van der Waals surface area (Å²) in [5.41, 5.74) is 2.11. The molecule has 0 amide bonds. The molecule has 4 aliphatic heterocycles. The number of benzene rings is 1. The zero-order valence-electron chi connectivity index (χ0n) is 18.0. The smallest absolute Gasteiger partial charge is 0.231 e. The van der Waals surface area contributed by atoms with Gasteiger partial charge < -0.3 is 39.4 Å². The summed E-state index contributed by atoms with van der Waals surface area (Å²) in [5.74, 6) is 1.16. The second-order valence-electron chi connectivity index (χ2n) is 9.35. The lowest BCUT2D eigenvalue weighted by atomic mass is 9.83. The number of hydrogen-bond acceptors (Lipinski definition) is 10. The number of nitrogens with zero attached hydrogens (tertiary/aromatic N) is 1. The molecule has 6 rings (SSSR count). The Balaban J connectivity index is 1.47. The molecule has 4 N–H and O–H groups in total. The van der Waals surface area contributed by atoms with Gasteiger partial charge in [0.2, 0.25) is 13.1 Å². The Hall–Kier alpha value is -2.21. The molecule has 2 fully saturated rings. The van der Waals surface area contributed by atoms with Crippen LogP contribution in [-0.2, 0) is 20.7 Å². The van der Waals surface area contributed by atoms with E-state index in [1.807, 2.05) is 12.1 Å². The predicted molar refractivity (Wildman–Crippen MR) is 111 cm³/mol. The number of hydrogen-bond donors (Lipinski definition) is 4. The number of aliphatic hydroxyl groups is 4. The lowest BCUT2D eigenvalue weighted by Crippen LogP contribution is -2.59. The Morgan fingerprint density at radius 2 is 1.88 bits per heavy atom. The highest BCUT2D eigenvalue weighted by Gasteiger charge is 2.56. The van der Waals surface area contributed by atoms with E-state index in [-0.39, 0.29) is 24.8 Å². The molecule has 33 heavy (non-hydrogen) atoms. The number of ether oxygens (including phenoxy) is 4. The van der Waals surface area contributed by atoms with Gasteiger partial charge in [-0.1, -0.05) is 0 Å². The van der Waals surface area contributed by atoms with Crippen molar-refractivity contribution in [1.29, 1.82) is 0 Å². The Bertz CT molecular complexity index is 1020. The number of allylic oxidation sites excluding steroid dienone is 1. The summed E-state index contributed by atoms with van der Waals surface area (Å²) in [6.07, 6.45) is -4.45. The first-order valence-corrected chi connectivity index (χ1v) is 11.4. The van der Waals surface area contributed by atoms with Gasteiger partial charge in [-0.2, -0.15) is 0 Å². The highest BCUT2D eigenvalue weighted by atomic mass is 16.7. The molecule has 178 valence electrons. The fourth-order valence-corrected chi connectivity index (χ4v) is 5.99. The average Bonchev–Trinajstić information content (AvgIpc) is 3.48. The van der Waals surface area contributed by atoms with Gasteiger partial charge in [0.25, 0.3) is 0 Å². The summed E-state index contributed by atoms with van der Waals surface area (Å²) in [6.45, 7) is 1.22. The quantitative estimate of drug-likeness (QED) is 0.457. The predicted octanol–water partition coefficient (Wildman–Crippen LogP) is -0.694. The first kappa shape index (κ1) is 21.3. The van der Waals surface area contributed by atoms with E-state index < -0.39 is 42.9 Å². The van der Waals surface area contributed by atoms with Crippen LogP contribution < -0.4 is 9.47 Å². The van der Waals surface area contributed by atoms with Crippen molar-refractivity contribution in [3.05, 3.63) is 29.0 Å². The molecule has 10 nitrogen and oxygen atoms in total. The third-order valence-electron chi connectivity index (χ3n) is 7.62. The Kier molecular flexibility index (Phi) is 4.95. The van der Waals surface area contributed by atoms with Crippen LogP contribution in [0.3, 0.4) is 0 Å². The van der Waals surface area contributed by atoms with Crippen LogP contribution in [0.25, 0.3) is 5.57 Å². The van der Waals surface area contributed by atoms with Crippen LogP contribution in [0.15, 0.2) is 17.9 Å². The van der Waals surface area contributed by atoms with Crippen LogP contribution in [0.1, 0.15) is 30.4 Å². The maximum atomic E-state index is 13.3. The minimum atomic E-state index is -1.60. The molecule has 1 aromatic carbocycles. The molecule has 0 radical (unpaired) electrons. The number of Topliss-reactive ketones (excluding diaryl/α,β-unsaturated/α-hetero) is 1. The lowest BCUT2D eigenvalue weighted by molar-refractivity contribution is -0.290. The van der Waals surface area contributed by atoms with Crippen molar-refractivity contribution in [2.75, 3.05) is 26.5 Å². The molecular weight excluding hydrogens is 434 g/mol. The molecule has 1 aliphatic carbocycles. The third kappa shape index (κ3) is 3.05. The summed E-state index contributed by atoms with van der Waals surface area (Å²) in [6, 6.07) is 3.85. The molecule has 1 aromatic rings. The molecule has 0 aromatic heterocycles. The third-order valence-corrected chi connectivity index (χ3v) is 7.62. The van der Waals surface area contributed by atoms with Crippen molar-refractivity contribution in [3.8, 4) is 11.5 Å². The van der Waals surface area contributed by atoms with Gasteiger partial charge >= 0.3 is 0 Å². The summed E-state index contributed by atoms with van der Waals surface area (Å²) in [4.78, 5) is 15.7. The second-order valence-corrected chi connectivity index (χ2v) is 9.35. The Labute approximate surface area is 189 Å². The summed E-state index contributed by atoms with van der Waals surface area (Å²) in [5, 5.41) is 40.3. The van der Waals surface area contributed by atoms with Gasteiger partial charge in [0, 0.05) is 18.5 Å². The zero-order valence-corrected chi connectivity index (χ0v) is 18.0. The Morgan fingerprint density at radius 3 is 2.67 bits per heavy atom. The van der Waals surface area contributed by atoms with E-state index in [0.717, 1.165) is 49.1 Å². The Morgan fingerprint density at radius 1 is 1.09 bits per heavy atom. The number of carbonyl (C=O) groups excluding carboxylic acids is 1. The molecule has 10 heteroatoms. The van der Waals surface area contributed by atoms with E-state index in [4.69, 9.17) is 18.9 Å². The molecule has 1 spiro atoms. The summed E-state index contributed by atoms with van der Waals surface area (Å²) in [7, 11) is 0. The minimum Gasteiger partial charge on any atom is -0.458 e. The van der Waals surface area contributed by atoms with Crippen molar-refractivity contribution in [3.63, 3.8) is 0 Å². The van der Waals surface area contributed by atoms with Crippen molar-refractivity contribution < 1.29 is 44.2 Å². The van der Waals surface area contributed by atoms with Gasteiger partial charge in [0.15, 0.2) is 23.0 Å². The van der Waals surface area contributed by atoms with E-state index in [1.165, 1.54) is 0 Å². The monoisotopic (exact) mass is 461 g/mol. The second kappa shape index (κ2) is 7.66. The van der Waals surface area contributed by atoms with E-state index in [2.05, 4.69) is 4.90 Å². The first-order valence-electron chi connectivity index (χ1n) is 11.4. The average molecular weight is 461 g/mol. The van der Waals surface area contributed by atoms with Crippen molar-refractivity contribution >= 4 is 11.4 Å². The van der Waals surface area contributed by atoms with Gasteiger partial charge in [-0.25, -0.2) is 0 Å². The van der Waals surface area contributed by atoms with Gasteiger partial charge in [-0.3, -0.25) is 9.69 Å². The molecule has 5 aliphatic rings. The van der Waals surface area contributed by atoms with Crippen LogP contribution in [0.4, 0.5) is 0 Å². The van der Waals surface area contributed by atoms with Crippen LogP contribution in [0, 0.1) is 0 Å². The van der Waals surface area contributed by atoms with E-state index >= 15 is 0 Å². The first-order chi connectivity index (χ1) is 15.9. The van der Waals surface area contributed by atoms with Gasteiger partial charge in [0.1, 0.15) is 24.4 Å². The van der Waals surface area contributed by atoms with Crippen LogP contribution >= 0.6 is 0 Å². The lowest BCUT2D eigenvalue weighted by Gasteiger charge is -2.40. The normalized spacial score (nSPS) is 37.6. The maximum Gasteiger partial charge on any atom is 0.231 e. The molecule has 0 saturated carbocycles. The van der Waals surface area contributed by atoms with Crippen LogP contribution in [0.5, 0.6) is 11.5 Å². The molecular formula is C23H27NO9. The van der Waals surface area contributed by atoms with E-state index in [1.54, 1.807) is 0 Å². The molecule has 4 heterocycles. The van der Waals surface area contributed by atoms with Crippen molar-refractivity contribution in [1.82, 2.24) is 4.90 Å². The van der Waals surface area contributed by atoms with E-state index in [0.29, 0.717) is 11.5 Å². The summed E-state index contributed by atoms with van der Waals surface area (Å²) < 4.78 is 22.7. The summed E-state index contributed by atoms with van der Waals surface area (Å²) >= 11 is 0. The van der Waals surface area contributed by atoms with Crippen LogP contribution in [-0.4, -0.2) is 93.8 Å². The number of rotatable bonds is 3. The van der Waals surface area contributed by atoms with Gasteiger partial charge in [-0.15, -0.1) is 0 Å². The SMILES string of the molecule is O=C1CC23CCCN2CCc2cc4c(cc2C3=C1OC1OC(CO)C(O)C(O)C1O)OCO4. The van der Waals surface area contributed by atoms with E-state index in [9.17, 15) is 25.2 Å². The highest BCUT2D eigenvalue weighted by Crippen LogP contribution is 2.54. The number of carbonyl (C=O) groups is 1. The maximum absolute atomic E-state index is 13.3. The van der Waals surface area contributed by atoms with Gasteiger partial charge in [0.05, 0.1) is 12.1 Å². The number of aliphatic hydroxyl groups excluding tert-OH is 4. The molecule has 6 unspecified atom stereocenters. The molecule has 0 bridgehead atoms. The van der Waals surface area contributed by atoms with Crippen LogP contribution in [0.2, 0.25) is 0 Å². The zero-order chi connectivity index (χ0) is 22.9. The van der Waals surface area contributed by atoms with Crippen molar-refractivity contribution in [2.45, 2.75) is 61.9 Å². The topological polar surface area (TPSA) is 138 Å².